The fourth-order valence-corrected chi connectivity index (χ4v) is 2.23. The molecule has 0 bridgehead atoms. The first-order chi connectivity index (χ1) is 8.38. The zero-order valence-electron chi connectivity index (χ0n) is 9.67. The van der Waals surface area contributed by atoms with Crippen LogP contribution in [0.3, 0.4) is 0 Å². The molecule has 2 aromatic heterocycles. The van der Waals surface area contributed by atoms with Crippen LogP contribution in [0.25, 0.3) is 11.0 Å². The van der Waals surface area contributed by atoms with E-state index in [1.165, 1.54) is 6.42 Å². The van der Waals surface area contributed by atoms with E-state index in [9.17, 15) is 0 Å². The van der Waals surface area contributed by atoms with Crippen molar-refractivity contribution in [3.63, 3.8) is 0 Å². The van der Waals surface area contributed by atoms with Gasteiger partial charge in [0.2, 0.25) is 0 Å². The van der Waals surface area contributed by atoms with E-state index in [0.717, 1.165) is 36.0 Å². The predicted molar refractivity (Wildman–Crippen MR) is 64.3 cm³/mol. The van der Waals surface area contributed by atoms with E-state index in [2.05, 4.69) is 10.1 Å². The molecule has 3 rings (SSSR count). The van der Waals surface area contributed by atoms with Crippen molar-refractivity contribution in [1.29, 1.82) is 0 Å². The number of nitrogens with zero attached hydrogens (tertiary/aromatic N) is 3. The van der Waals surface area contributed by atoms with Crippen molar-refractivity contribution < 1.29 is 4.74 Å². The third-order valence-corrected chi connectivity index (χ3v) is 3.17. The first-order valence-electron chi connectivity index (χ1n) is 6.02. The number of aromatic nitrogens is 3. The molecule has 0 amide bonds. The molecule has 1 unspecified atom stereocenters. The molecule has 1 aliphatic heterocycles. The average molecular weight is 232 g/mol. The van der Waals surface area contributed by atoms with Gasteiger partial charge in [0.15, 0.2) is 6.23 Å². The van der Waals surface area contributed by atoms with E-state index < -0.39 is 0 Å². The minimum atomic E-state index is 0.0519. The highest BCUT2D eigenvalue weighted by Crippen LogP contribution is 2.25. The highest BCUT2D eigenvalue weighted by molar-refractivity contribution is 5.74. The van der Waals surface area contributed by atoms with E-state index in [1.54, 1.807) is 12.4 Å². The Bertz CT molecular complexity index is 516. The monoisotopic (exact) mass is 232 g/mol. The Kier molecular flexibility index (Phi) is 2.78. The maximum absolute atomic E-state index is 5.75. The predicted octanol–water partition coefficient (Wildman–Crippen LogP) is 1.59. The molecule has 1 atom stereocenters. The number of nitrogens with two attached hydrogens (primary N) is 1. The lowest BCUT2D eigenvalue weighted by Gasteiger charge is -2.23. The average Bonchev–Trinajstić information content (AvgIpc) is 2.82. The number of hydrogen-bond acceptors (Lipinski definition) is 4. The van der Waals surface area contributed by atoms with Gasteiger partial charge in [0, 0.05) is 19.3 Å². The lowest BCUT2D eigenvalue weighted by Crippen LogP contribution is -2.19. The zero-order chi connectivity index (χ0) is 11.7. The minimum Gasteiger partial charge on any atom is -0.356 e. The molecule has 1 fully saturated rings. The van der Waals surface area contributed by atoms with Gasteiger partial charge in [-0.25, -0.2) is 4.68 Å². The summed E-state index contributed by atoms with van der Waals surface area (Å²) >= 11 is 0. The number of ether oxygens (including phenoxy) is 1. The lowest BCUT2D eigenvalue weighted by molar-refractivity contribution is -0.0366. The lowest BCUT2D eigenvalue weighted by atomic mass is 10.2. The Labute approximate surface area is 99.6 Å². The summed E-state index contributed by atoms with van der Waals surface area (Å²) in [5, 5.41) is 4.38. The molecule has 3 heterocycles. The largest absolute Gasteiger partial charge is 0.356 e. The van der Waals surface area contributed by atoms with Crippen LogP contribution in [0.5, 0.6) is 0 Å². The molecular weight excluding hydrogens is 216 g/mol. The maximum Gasteiger partial charge on any atom is 0.150 e. The second-order valence-electron chi connectivity index (χ2n) is 4.36. The van der Waals surface area contributed by atoms with Gasteiger partial charge in [0.1, 0.15) is 5.52 Å². The van der Waals surface area contributed by atoms with Crippen LogP contribution in [0.1, 0.15) is 31.1 Å². The molecule has 5 heteroatoms. The fraction of sp³-hybridized carbons (Fsp3) is 0.500. The van der Waals surface area contributed by atoms with Gasteiger partial charge < -0.3 is 10.5 Å². The van der Waals surface area contributed by atoms with E-state index in [1.807, 2.05) is 10.7 Å². The van der Waals surface area contributed by atoms with E-state index in [4.69, 9.17) is 10.5 Å². The van der Waals surface area contributed by atoms with Crippen molar-refractivity contribution in [3.8, 4) is 0 Å². The third-order valence-electron chi connectivity index (χ3n) is 3.17. The van der Waals surface area contributed by atoms with Crippen LogP contribution in [0, 0.1) is 0 Å². The van der Waals surface area contributed by atoms with Crippen molar-refractivity contribution in [2.24, 2.45) is 5.73 Å². The second kappa shape index (κ2) is 4.43. The molecule has 0 radical (unpaired) electrons. The number of pyridine rings is 1. The Morgan fingerprint density at radius 2 is 2.35 bits per heavy atom. The molecule has 0 saturated carbocycles. The molecule has 1 saturated heterocycles. The van der Waals surface area contributed by atoms with Gasteiger partial charge in [-0.05, 0) is 30.9 Å². The van der Waals surface area contributed by atoms with Gasteiger partial charge >= 0.3 is 0 Å². The zero-order valence-corrected chi connectivity index (χ0v) is 9.67. The smallest absolute Gasteiger partial charge is 0.150 e. The minimum absolute atomic E-state index is 0.0519. The summed E-state index contributed by atoms with van der Waals surface area (Å²) in [5.74, 6) is 0. The Morgan fingerprint density at radius 3 is 3.12 bits per heavy atom. The summed E-state index contributed by atoms with van der Waals surface area (Å²) < 4.78 is 7.68. The normalized spacial score (nSPS) is 20.9. The second-order valence-corrected chi connectivity index (χ2v) is 4.36. The Hall–Kier alpha value is -1.46. The molecule has 5 nitrogen and oxygen atoms in total. The van der Waals surface area contributed by atoms with Gasteiger partial charge in [0.05, 0.1) is 11.7 Å². The summed E-state index contributed by atoms with van der Waals surface area (Å²) in [5.41, 5.74) is 8.57. The van der Waals surface area contributed by atoms with Crippen LogP contribution in [-0.2, 0) is 11.3 Å². The number of rotatable bonds is 2. The van der Waals surface area contributed by atoms with Crippen molar-refractivity contribution in [3.05, 3.63) is 24.0 Å². The van der Waals surface area contributed by atoms with E-state index in [0.29, 0.717) is 6.54 Å². The summed E-state index contributed by atoms with van der Waals surface area (Å²) in [6.07, 6.45) is 6.99. The first-order valence-corrected chi connectivity index (χ1v) is 6.02. The van der Waals surface area contributed by atoms with Crippen LogP contribution in [-0.4, -0.2) is 21.4 Å². The summed E-state index contributed by atoms with van der Waals surface area (Å²) in [6.45, 7) is 1.32. The third kappa shape index (κ3) is 1.92. The van der Waals surface area contributed by atoms with Crippen molar-refractivity contribution >= 4 is 11.0 Å². The highest BCUT2D eigenvalue weighted by Gasteiger charge is 2.18. The molecule has 0 aromatic carbocycles. The molecule has 0 spiro atoms. The Balaban J connectivity index is 2.02. The summed E-state index contributed by atoms with van der Waals surface area (Å²) in [6, 6.07) is 2.05. The van der Waals surface area contributed by atoms with Gasteiger partial charge in [-0.3, -0.25) is 4.98 Å². The van der Waals surface area contributed by atoms with Crippen LogP contribution >= 0.6 is 0 Å². The fourth-order valence-electron chi connectivity index (χ4n) is 2.23. The topological polar surface area (TPSA) is 66.0 Å². The molecule has 0 aliphatic carbocycles. The van der Waals surface area contributed by atoms with Gasteiger partial charge in [-0.15, -0.1) is 0 Å². The van der Waals surface area contributed by atoms with E-state index >= 15 is 0 Å². The molecule has 2 aromatic rings. The van der Waals surface area contributed by atoms with Crippen LogP contribution < -0.4 is 5.73 Å². The SMILES string of the molecule is NCc1cnc2cnn(C3CCCCO3)c2c1. The van der Waals surface area contributed by atoms with E-state index in [-0.39, 0.29) is 6.23 Å². The molecule has 90 valence electrons. The Morgan fingerprint density at radius 1 is 1.41 bits per heavy atom. The number of hydrogen-bond donors (Lipinski definition) is 1. The van der Waals surface area contributed by atoms with Crippen LogP contribution in [0.15, 0.2) is 18.5 Å². The van der Waals surface area contributed by atoms with Crippen molar-refractivity contribution in [2.45, 2.75) is 32.0 Å². The van der Waals surface area contributed by atoms with Crippen LogP contribution in [0.2, 0.25) is 0 Å². The van der Waals surface area contributed by atoms with Crippen LogP contribution in [0.4, 0.5) is 0 Å². The summed E-state index contributed by atoms with van der Waals surface area (Å²) in [4.78, 5) is 4.35. The quantitative estimate of drug-likeness (QED) is 0.853. The van der Waals surface area contributed by atoms with Gasteiger partial charge in [0.25, 0.3) is 0 Å². The standard InChI is InChI=1S/C12H16N4O/c13-6-9-5-11-10(14-7-9)8-15-16(11)12-3-1-2-4-17-12/h5,7-8,12H,1-4,6,13H2. The highest BCUT2D eigenvalue weighted by atomic mass is 16.5. The van der Waals surface area contributed by atoms with Gasteiger partial charge in [-0.2, -0.15) is 5.10 Å². The maximum atomic E-state index is 5.75. The van der Waals surface area contributed by atoms with Gasteiger partial charge in [-0.1, -0.05) is 0 Å². The molecule has 2 N–H and O–H groups in total. The first kappa shape index (κ1) is 10.7. The molecular formula is C12H16N4O. The van der Waals surface area contributed by atoms with Crippen molar-refractivity contribution in [1.82, 2.24) is 14.8 Å². The number of fused-ring (bicyclic) bond motifs is 1. The molecule has 1 aliphatic rings. The van der Waals surface area contributed by atoms with Crippen molar-refractivity contribution in [2.75, 3.05) is 6.61 Å². The summed E-state index contributed by atoms with van der Waals surface area (Å²) in [7, 11) is 0. The molecule has 17 heavy (non-hydrogen) atoms.